The van der Waals surface area contributed by atoms with Crippen molar-refractivity contribution < 1.29 is 9.90 Å². The van der Waals surface area contributed by atoms with Crippen LogP contribution in [0.1, 0.15) is 65.6 Å². The van der Waals surface area contributed by atoms with Crippen LogP contribution in [-0.2, 0) is 0 Å². The van der Waals surface area contributed by atoms with Crippen molar-refractivity contribution in [2.75, 3.05) is 19.3 Å². The number of aromatic nitrogens is 5. The van der Waals surface area contributed by atoms with Gasteiger partial charge in [-0.1, -0.05) is 17.8 Å². The Morgan fingerprint density at radius 1 is 1.12 bits per heavy atom. The molecular formula is C25H30N6O2S. The molecule has 0 atom stereocenters. The number of aliphatic hydroxyl groups is 1. The van der Waals surface area contributed by atoms with E-state index in [9.17, 15) is 9.90 Å². The number of amides is 1. The number of aryl methyl sites for hydroxylation is 2. The largest absolute Gasteiger partial charge is 0.393 e. The summed E-state index contributed by atoms with van der Waals surface area (Å²) in [6.45, 7) is 5.01. The van der Waals surface area contributed by atoms with Crippen molar-refractivity contribution >= 4 is 34.3 Å². The fourth-order valence-electron chi connectivity index (χ4n) is 5.01. The Hall–Kier alpha value is -2.78. The Morgan fingerprint density at radius 3 is 2.50 bits per heavy atom. The third kappa shape index (κ3) is 4.46. The molecule has 1 N–H and O–H groups in total. The van der Waals surface area contributed by atoms with E-state index >= 15 is 0 Å². The molecule has 0 unspecified atom stereocenters. The standard InChI is InChI=1S/C25H30N6O2S/c1-15-12-18(13-16(2)27-15)24(33)30-10-8-17(9-11-30)22-21-14-26-25(34-3)28-23(21)31(29-22)19-4-6-20(32)7-5-19/h8,12-14,19-20,32H,4-7,9-11H2,1-3H3. The Bertz CT molecular complexity index is 1240. The zero-order chi connectivity index (χ0) is 23.8. The molecule has 34 heavy (non-hydrogen) atoms. The highest BCUT2D eigenvalue weighted by molar-refractivity contribution is 7.98. The summed E-state index contributed by atoms with van der Waals surface area (Å²) in [5, 5.41) is 16.7. The van der Waals surface area contributed by atoms with Crippen molar-refractivity contribution in [3.05, 3.63) is 47.1 Å². The van der Waals surface area contributed by atoms with Gasteiger partial charge in [-0.05, 0) is 69.9 Å². The minimum atomic E-state index is -0.216. The first kappa shape index (κ1) is 23.0. The van der Waals surface area contributed by atoms with Crippen molar-refractivity contribution in [1.29, 1.82) is 0 Å². The van der Waals surface area contributed by atoms with Crippen molar-refractivity contribution in [3.63, 3.8) is 0 Å². The van der Waals surface area contributed by atoms with Crippen LogP contribution in [-0.4, -0.2) is 66.1 Å². The van der Waals surface area contributed by atoms with E-state index < -0.39 is 0 Å². The molecule has 2 aliphatic rings. The number of hydrogen-bond donors (Lipinski definition) is 1. The van der Waals surface area contributed by atoms with Crippen LogP contribution < -0.4 is 0 Å². The summed E-state index contributed by atoms with van der Waals surface area (Å²) in [7, 11) is 0. The maximum atomic E-state index is 13.1. The number of aliphatic hydroxyl groups excluding tert-OH is 1. The molecule has 4 heterocycles. The molecule has 5 rings (SSSR count). The lowest BCUT2D eigenvalue weighted by Crippen LogP contribution is -2.34. The third-order valence-electron chi connectivity index (χ3n) is 6.75. The number of nitrogens with zero attached hydrogens (tertiary/aromatic N) is 6. The maximum absolute atomic E-state index is 13.1. The van der Waals surface area contributed by atoms with Gasteiger partial charge < -0.3 is 10.0 Å². The van der Waals surface area contributed by atoms with E-state index in [-0.39, 0.29) is 18.1 Å². The molecule has 3 aromatic heterocycles. The number of carbonyl (C=O) groups is 1. The maximum Gasteiger partial charge on any atom is 0.254 e. The Balaban J connectivity index is 1.44. The van der Waals surface area contributed by atoms with E-state index in [1.165, 1.54) is 11.8 Å². The van der Waals surface area contributed by atoms with Gasteiger partial charge >= 0.3 is 0 Å². The Labute approximate surface area is 203 Å². The predicted octanol–water partition coefficient (Wildman–Crippen LogP) is 3.97. The number of pyridine rings is 1. The fourth-order valence-corrected chi connectivity index (χ4v) is 5.35. The zero-order valence-electron chi connectivity index (χ0n) is 19.9. The summed E-state index contributed by atoms with van der Waals surface area (Å²) in [4.78, 5) is 28.6. The van der Waals surface area contributed by atoms with Crippen LogP contribution in [0, 0.1) is 13.8 Å². The predicted molar refractivity (Wildman–Crippen MR) is 133 cm³/mol. The molecule has 0 bridgehead atoms. The summed E-state index contributed by atoms with van der Waals surface area (Å²) < 4.78 is 2.05. The molecule has 0 radical (unpaired) electrons. The highest BCUT2D eigenvalue weighted by Gasteiger charge is 2.27. The van der Waals surface area contributed by atoms with Gasteiger partial charge in [0, 0.05) is 36.2 Å². The molecule has 9 heteroatoms. The number of rotatable bonds is 4. The van der Waals surface area contributed by atoms with Gasteiger partial charge in [-0.2, -0.15) is 5.10 Å². The van der Waals surface area contributed by atoms with Crippen molar-refractivity contribution in [1.82, 2.24) is 29.6 Å². The monoisotopic (exact) mass is 478 g/mol. The first-order valence-electron chi connectivity index (χ1n) is 11.8. The van der Waals surface area contributed by atoms with Gasteiger partial charge in [-0.25, -0.2) is 14.6 Å². The smallest absolute Gasteiger partial charge is 0.254 e. The fraction of sp³-hybridized carbons (Fsp3) is 0.480. The SMILES string of the molecule is CSc1ncc2c(C3=CCN(C(=O)c4cc(C)nc(C)c4)CC3)nn(C3CCC(O)CC3)c2n1. The van der Waals surface area contributed by atoms with Crippen LogP contribution >= 0.6 is 11.8 Å². The summed E-state index contributed by atoms with van der Waals surface area (Å²) >= 11 is 1.52. The summed E-state index contributed by atoms with van der Waals surface area (Å²) in [5.41, 5.74) is 5.30. The van der Waals surface area contributed by atoms with Gasteiger partial charge in [0.05, 0.1) is 23.2 Å². The molecule has 1 saturated carbocycles. The average Bonchev–Trinajstić information content (AvgIpc) is 3.22. The van der Waals surface area contributed by atoms with Gasteiger partial charge in [0.15, 0.2) is 10.8 Å². The molecule has 0 saturated heterocycles. The number of thioether (sulfide) groups is 1. The van der Waals surface area contributed by atoms with E-state index in [2.05, 4.69) is 20.7 Å². The Morgan fingerprint density at radius 2 is 1.85 bits per heavy atom. The van der Waals surface area contributed by atoms with Gasteiger partial charge in [0.1, 0.15) is 0 Å². The molecule has 1 aliphatic carbocycles. The normalized spacial score (nSPS) is 21.1. The van der Waals surface area contributed by atoms with Crippen LogP contribution in [0.5, 0.6) is 0 Å². The van der Waals surface area contributed by atoms with Gasteiger partial charge in [-0.15, -0.1) is 0 Å². The second-order valence-corrected chi connectivity index (χ2v) is 9.99. The molecule has 1 fully saturated rings. The van der Waals surface area contributed by atoms with Crippen molar-refractivity contribution in [2.45, 2.75) is 63.3 Å². The third-order valence-corrected chi connectivity index (χ3v) is 7.31. The van der Waals surface area contributed by atoms with Crippen LogP contribution in [0.2, 0.25) is 0 Å². The van der Waals surface area contributed by atoms with Crippen LogP contribution in [0.4, 0.5) is 0 Å². The summed E-state index contributed by atoms with van der Waals surface area (Å²) in [5.74, 6) is 0.0352. The molecule has 0 spiro atoms. The molecular weight excluding hydrogens is 448 g/mol. The van der Waals surface area contributed by atoms with Gasteiger partial charge in [-0.3, -0.25) is 9.78 Å². The minimum Gasteiger partial charge on any atom is -0.393 e. The van der Waals surface area contributed by atoms with Crippen molar-refractivity contribution in [2.24, 2.45) is 0 Å². The molecule has 1 aliphatic heterocycles. The molecule has 1 amide bonds. The lowest BCUT2D eigenvalue weighted by atomic mass is 9.93. The molecule has 178 valence electrons. The van der Waals surface area contributed by atoms with E-state index in [4.69, 9.17) is 10.1 Å². The minimum absolute atomic E-state index is 0.0352. The van der Waals surface area contributed by atoms with Gasteiger partial charge in [0.2, 0.25) is 0 Å². The highest BCUT2D eigenvalue weighted by Crippen LogP contribution is 2.34. The zero-order valence-corrected chi connectivity index (χ0v) is 20.7. The van der Waals surface area contributed by atoms with E-state index in [0.717, 1.165) is 70.9 Å². The van der Waals surface area contributed by atoms with E-state index in [0.29, 0.717) is 18.7 Å². The van der Waals surface area contributed by atoms with E-state index in [1.807, 2.05) is 43.3 Å². The first-order chi connectivity index (χ1) is 16.4. The first-order valence-corrected chi connectivity index (χ1v) is 13.1. The van der Waals surface area contributed by atoms with Gasteiger partial charge in [0.25, 0.3) is 5.91 Å². The highest BCUT2D eigenvalue weighted by atomic mass is 32.2. The number of hydrogen-bond acceptors (Lipinski definition) is 7. The Kier molecular flexibility index (Phi) is 6.40. The van der Waals surface area contributed by atoms with Crippen LogP contribution in [0.15, 0.2) is 29.6 Å². The van der Waals surface area contributed by atoms with Crippen molar-refractivity contribution in [3.8, 4) is 0 Å². The molecule has 0 aromatic carbocycles. The number of fused-ring (bicyclic) bond motifs is 1. The second kappa shape index (κ2) is 9.46. The molecule has 3 aromatic rings. The second-order valence-electron chi connectivity index (χ2n) is 9.22. The number of carbonyl (C=O) groups excluding carboxylic acids is 1. The van der Waals surface area contributed by atoms with E-state index in [1.54, 1.807) is 0 Å². The topological polar surface area (TPSA) is 97.0 Å². The average molecular weight is 479 g/mol. The van der Waals surface area contributed by atoms with Crippen LogP contribution in [0.3, 0.4) is 0 Å². The summed E-state index contributed by atoms with van der Waals surface area (Å²) in [6, 6.07) is 3.93. The summed E-state index contributed by atoms with van der Waals surface area (Å²) in [6.07, 6.45) is 9.84. The quantitative estimate of drug-likeness (QED) is 0.448. The van der Waals surface area contributed by atoms with Crippen LogP contribution in [0.25, 0.3) is 16.6 Å². The lowest BCUT2D eigenvalue weighted by Gasteiger charge is -2.27. The lowest BCUT2D eigenvalue weighted by molar-refractivity contribution is 0.0772. The molecule has 8 nitrogen and oxygen atoms in total.